The van der Waals surface area contributed by atoms with Gasteiger partial charge in [0.15, 0.2) is 0 Å². The van der Waals surface area contributed by atoms with Crippen molar-refractivity contribution in [1.29, 1.82) is 0 Å². The molecular weight excluding hydrogens is 631 g/mol. The summed E-state index contributed by atoms with van der Waals surface area (Å²) in [6.07, 6.45) is 51.3. The fourth-order valence-electron chi connectivity index (χ4n) is 6.72. The number of amides is 1. The Morgan fingerprint density at radius 1 is 0.490 bits per heavy atom. The van der Waals surface area contributed by atoms with Gasteiger partial charge in [0.05, 0.1) is 18.8 Å². The van der Waals surface area contributed by atoms with Crippen LogP contribution < -0.4 is 5.32 Å². The monoisotopic (exact) mass is 718 g/mol. The Kier molecular flexibility index (Phi) is 40.2. The van der Waals surface area contributed by atoms with E-state index in [4.69, 9.17) is 0 Å². The second-order valence-corrected chi connectivity index (χ2v) is 15.2. The van der Waals surface area contributed by atoms with Crippen LogP contribution in [0.4, 0.5) is 0 Å². The number of hydrogen-bond donors (Lipinski definition) is 4. The van der Waals surface area contributed by atoms with Crippen molar-refractivity contribution in [2.24, 2.45) is 0 Å². The Morgan fingerprint density at radius 3 is 1.25 bits per heavy atom. The zero-order chi connectivity index (χ0) is 37.3. The minimum atomic E-state index is -1.16. The van der Waals surface area contributed by atoms with E-state index in [0.29, 0.717) is 12.8 Å². The average molecular weight is 718 g/mol. The number of rotatable bonds is 40. The normalized spacial score (nSPS) is 13.9. The van der Waals surface area contributed by atoms with Crippen molar-refractivity contribution in [3.05, 3.63) is 36.5 Å². The van der Waals surface area contributed by atoms with Crippen molar-refractivity contribution in [1.82, 2.24) is 5.32 Å². The predicted octanol–water partition coefficient (Wildman–Crippen LogP) is 12.8. The van der Waals surface area contributed by atoms with Crippen molar-refractivity contribution in [2.75, 3.05) is 6.61 Å². The zero-order valence-electron chi connectivity index (χ0n) is 34.0. The number of aliphatic hydroxyl groups excluding tert-OH is 3. The lowest BCUT2D eigenvalue weighted by Gasteiger charge is -2.26. The number of nitrogens with one attached hydrogen (secondary N) is 1. The lowest BCUT2D eigenvalue weighted by atomic mass is 10.0. The standard InChI is InChI=1S/C46H87NO4/c1-3-5-7-9-11-13-15-16-17-18-19-20-21-22-23-24-25-26-27-28-29-30-31-33-35-37-39-41-45(50)47-43(42-48)46(51)44(49)40-38-36-34-32-14-12-10-8-6-4-2/h19-20,22-23,32,34,43-44,46,48-49,51H,3-18,21,24-31,33,35-42H2,1-2H3,(H,47,50)/b20-19-,23-22-,34-32+. The van der Waals surface area contributed by atoms with E-state index in [-0.39, 0.29) is 12.5 Å². The summed E-state index contributed by atoms with van der Waals surface area (Å²) >= 11 is 0. The fraction of sp³-hybridized carbons (Fsp3) is 0.848. The van der Waals surface area contributed by atoms with Crippen LogP contribution >= 0.6 is 0 Å². The predicted molar refractivity (Wildman–Crippen MR) is 222 cm³/mol. The molecule has 0 aromatic carbocycles. The van der Waals surface area contributed by atoms with Gasteiger partial charge < -0.3 is 20.6 Å². The second-order valence-electron chi connectivity index (χ2n) is 15.2. The van der Waals surface area contributed by atoms with Crippen LogP contribution in [0.5, 0.6) is 0 Å². The van der Waals surface area contributed by atoms with Gasteiger partial charge in [-0.25, -0.2) is 0 Å². The fourth-order valence-corrected chi connectivity index (χ4v) is 6.72. The summed E-state index contributed by atoms with van der Waals surface area (Å²) in [7, 11) is 0. The number of hydrogen-bond acceptors (Lipinski definition) is 4. The highest BCUT2D eigenvalue weighted by Gasteiger charge is 2.26. The smallest absolute Gasteiger partial charge is 0.220 e. The molecule has 0 fully saturated rings. The topological polar surface area (TPSA) is 89.8 Å². The Labute approximate surface area is 317 Å². The molecule has 0 saturated heterocycles. The number of allylic oxidation sites excluding steroid dienone is 6. The first-order chi connectivity index (χ1) is 25.1. The first kappa shape index (κ1) is 49.6. The van der Waals surface area contributed by atoms with E-state index in [9.17, 15) is 20.1 Å². The molecule has 0 aliphatic rings. The van der Waals surface area contributed by atoms with Gasteiger partial charge in [-0.1, -0.05) is 185 Å². The van der Waals surface area contributed by atoms with Gasteiger partial charge in [0, 0.05) is 6.42 Å². The molecule has 5 nitrogen and oxygen atoms in total. The molecule has 3 unspecified atom stereocenters. The summed E-state index contributed by atoms with van der Waals surface area (Å²) in [4.78, 5) is 12.4. The highest BCUT2D eigenvalue weighted by atomic mass is 16.3. The van der Waals surface area contributed by atoms with Crippen LogP contribution in [0.15, 0.2) is 36.5 Å². The minimum Gasteiger partial charge on any atom is -0.394 e. The quantitative estimate of drug-likeness (QED) is 0.0375. The molecular formula is C46H87NO4. The Morgan fingerprint density at radius 2 is 0.843 bits per heavy atom. The lowest BCUT2D eigenvalue weighted by molar-refractivity contribution is -0.124. The molecule has 3 atom stereocenters. The molecule has 0 aliphatic carbocycles. The van der Waals surface area contributed by atoms with Crippen LogP contribution in [0.25, 0.3) is 0 Å². The minimum absolute atomic E-state index is 0.158. The van der Waals surface area contributed by atoms with E-state index in [1.165, 1.54) is 154 Å². The molecule has 0 aromatic rings. The number of unbranched alkanes of at least 4 members (excludes halogenated alkanes) is 26. The van der Waals surface area contributed by atoms with Gasteiger partial charge in [-0.15, -0.1) is 0 Å². The Hall–Kier alpha value is -1.43. The maximum atomic E-state index is 12.4. The van der Waals surface area contributed by atoms with Crippen molar-refractivity contribution >= 4 is 5.91 Å². The Balaban J connectivity index is 3.58. The summed E-state index contributed by atoms with van der Waals surface area (Å²) < 4.78 is 0. The van der Waals surface area contributed by atoms with Gasteiger partial charge in [0.25, 0.3) is 0 Å². The van der Waals surface area contributed by atoms with Crippen LogP contribution in [0.1, 0.15) is 226 Å². The van der Waals surface area contributed by atoms with Gasteiger partial charge in [-0.2, -0.15) is 0 Å². The van der Waals surface area contributed by atoms with Crippen molar-refractivity contribution in [3.8, 4) is 0 Å². The second kappa shape index (κ2) is 41.3. The van der Waals surface area contributed by atoms with Gasteiger partial charge in [-0.3, -0.25) is 4.79 Å². The molecule has 1 amide bonds. The summed E-state index contributed by atoms with van der Waals surface area (Å²) in [5.74, 6) is -0.158. The number of carbonyl (C=O) groups excluding carboxylic acids is 1. The molecule has 0 radical (unpaired) electrons. The SMILES string of the molecule is CCCCCCC/C=C/CCCC(O)C(O)C(CO)NC(=O)CCCCCCCCCCCCC/C=C\C/C=C\CCCCCCCCCCC. The van der Waals surface area contributed by atoms with E-state index >= 15 is 0 Å². The van der Waals surface area contributed by atoms with E-state index in [2.05, 4.69) is 55.6 Å². The third-order valence-electron chi connectivity index (χ3n) is 10.2. The molecule has 0 aromatic heterocycles. The van der Waals surface area contributed by atoms with Gasteiger partial charge in [0.1, 0.15) is 6.10 Å². The molecule has 0 aliphatic heterocycles. The maximum Gasteiger partial charge on any atom is 0.220 e. The molecule has 4 N–H and O–H groups in total. The highest BCUT2D eigenvalue weighted by molar-refractivity contribution is 5.76. The first-order valence-corrected chi connectivity index (χ1v) is 22.3. The molecule has 5 heteroatoms. The van der Waals surface area contributed by atoms with Crippen LogP contribution in [-0.4, -0.2) is 46.1 Å². The molecule has 0 spiro atoms. The first-order valence-electron chi connectivity index (χ1n) is 22.3. The average Bonchev–Trinajstić information content (AvgIpc) is 3.13. The van der Waals surface area contributed by atoms with Crippen LogP contribution in [-0.2, 0) is 4.79 Å². The summed E-state index contributed by atoms with van der Waals surface area (Å²) in [5.41, 5.74) is 0. The van der Waals surface area contributed by atoms with Crippen LogP contribution in [0.3, 0.4) is 0 Å². The third-order valence-corrected chi connectivity index (χ3v) is 10.2. The maximum absolute atomic E-state index is 12.4. The molecule has 0 bridgehead atoms. The van der Waals surface area contributed by atoms with Crippen LogP contribution in [0.2, 0.25) is 0 Å². The molecule has 0 heterocycles. The molecule has 0 saturated carbocycles. The van der Waals surface area contributed by atoms with Crippen molar-refractivity contribution < 1.29 is 20.1 Å². The number of aliphatic hydroxyl groups is 3. The molecule has 51 heavy (non-hydrogen) atoms. The highest BCUT2D eigenvalue weighted by Crippen LogP contribution is 2.15. The third kappa shape index (κ3) is 36.7. The van der Waals surface area contributed by atoms with E-state index < -0.39 is 18.2 Å². The molecule has 300 valence electrons. The summed E-state index contributed by atoms with van der Waals surface area (Å²) in [6.45, 7) is 4.13. The Bertz CT molecular complexity index is 794. The summed E-state index contributed by atoms with van der Waals surface area (Å²) in [5, 5.41) is 33.3. The number of carbonyl (C=O) groups is 1. The van der Waals surface area contributed by atoms with Crippen molar-refractivity contribution in [3.63, 3.8) is 0 Å². The largest absolute Gasteiger partial charge is 0.394 e. The van der Waals surface area contributed by atoms with E-state index in [1.54, 1.807) is 0 Å². The van der Waals surface area contributed by atoms with Gasteiger partial charge in [0.2, 0.25) is 5.91 Å². The summed E-state index contributed by atoms with van der Waals surface area (Å²) in [6, 6.07) is -0.825. The van der Waals surface area contributed by atoms with Crippen LogP contribution in [0, 0.1) is 0 Å². The van der Waals surface area contributed by atoms with E-state index in [0.717, 1.165) is 44.9 Å². The lowest BCUT2D eigenvalue weighted by Crippen LogP contribution is -2.50. The van der Waals surface area contributed by atoms with Gasteiger partial charge in [-0.05, 0) is 70.6 Å². The van der Waals surface area contributed by atoms with Crippen molar-refractivity contribution in [2.45, 2.75) is 244 Å². The molecule has 0 rings (SSSR count). The van der Waals surface area contributed by atoms with Gasteiger partial charge >= 0.3 is 0 Å². The van der Waals surface area contributed by atoms with E-state index in [1.807, 2.05) is 0 Å². The zero-order valence-corrected chi connectivity index (χ0v) is 34.0.